The van der Waals surface area contributed by atoms with Gasteiger partial charge in [0.1, 0.15) is 0 Å². The molecular formula is C12H24N2O3S. The maximum atomic E-state index is 12.3. The lowest BCUT2D eigenvalue weighted by Crippen LogP contribution is -2.48. The van der Waals surface area contributed by atoms with Crippen molar-refractivity contribution < 1.29 is 13.2 Å². The van der Waals surface area contributed by atoms with Gasteiger partial charge in [0.25, 0.3) is 10.2 Å². The minimum Gasteiger partial charge on any atom is -0.377 e. The molecule has 0 radical (unpaired) electrons. The third-order valence-electron chi connectivity index (χ3n) is 3.76. The van der Waals surface area contributed by atoms with Crippen LogP contribution in [0.5, 0.6) is 0 Å². The summed E-state index contributed by atoms with van der Waals surface area (Å²) in [4.78, 5) is 0. The average Bonchev–Trinajstić information content (AvgIpc) is 2.70. The topological polar surface area (TPSA) is 58.6 Å². The molecule has 2 heterocycles. The first-order chi connectivity index (χ1) is 8.59. The molecule has 1 N–H and O–H groups in total. The lowest BCUT2D eigenvalue weighted by Gasteiger charge is -2.25. The normalized spacial score (nSPS) is 29.1. The van der Waals surface area contributed by atoms with Gasteiger partial charge in [-0.15, -0.1) is 0 Å². The zero-order chi connectivity index (χ0) is 13.0. The molecule has 5 nitrogen and oxygen atoms in total. The van der Waals surface area contributed by atoms with Crippen molar-refractivity contribution in [1.29, 1.82) is 0 Å². The third-order valence-corrected chi connectivity index (χ3v) is 5.48. The predicted octanol–water partition coefficient (Wildman–Crippen LogP) is 1.26. The zero-order valence-electron chi connectivity index (χ0n) is 11.1. The lowest BCUT2D eigenvalue weighted by atomic mass is 10.1. The van der Waals surface area contributed by atoms with Crippen molar-refractivity contribution in [2.24, 2.45) is 0 Å². The van der Waals surface area contributed by atoms with Crippen LogP contribution in [-0.4, -0.2) is 44.6 Å². The molecule has 0 aromatic rings. The van der Waals surface area contributed by atoms with Crippen LogP contribution in [0, 0.1) is 0 Å². The van der Waals surface area contributed by atoms with Crippen LogP contribution in [0.25, 0.3) is 0 Å². The number of ether oxygens (including phenoxy) is 1. The highest BCUT2D eigenvalue weighted by Crippen LogP contribution is 2.18. The fourth-order valence-corrected chi connectivity index (χ4v) is 4.17. The largest absolute Gasteiger partial charge is 0.377 e. The average molecular weight is 276 g/mol. The van der Waals surface area contributed by atoms with Gasteiger partial charge in [-0.25, -0.2) is 0 Å². The molecular weight excluding hydrogens is 252 g/mol. The molecule has 0 bridgehead atoms. The van der Waals surface area contributed by atoms with Gasteiger partial charge in [-0.2, -0.15) is 17.4 Å². The summed E-state index contributed by atoms with van der Waals surface area (Å²) in [5.74, 6) is 0. The molecule has 0 spiro atoms. The van der Waals surface area contributed by atoms with Crippen molar-refractivity contribution in [1.82, 2.24) is 9.03 Å². The molecule has 0 saturated carbocycles. The first-order valence-corrected chi connectivity index (χ1v) is 8.42. The summed E-state index contributed by atoms with van der Waals surface area (Å²) >= 11 is 0. The first kappa shape index (κ1) is 14.2. The van der Waals surface area contributed by atoms with Gasteiger partial charge in [-0.05, 0) is 32.6 Å². The summed E-state index contributed by atoms with van der Waals surface area (Å²) in [7, 11) is -3.34. The fraction of sp³-hybridized carbons (Fsp3) is 1.00. The van der Waals surface area contributed by atoms with Crippen LogP contribution in [0.15, 0.2) is 0 Å². The Morgan fingerprint density at radius 3 is 2.39 bits per heavy atom. The predicted molar refractivity (Wildman–Crippen MR) is 70.5 cm³/mol. The van der Waals surface area contributed by atoms with Crippen LogP contribution in [-0.2, 0) is 14.9 Å². The molecule has 0 aliphatic carbocycles. The first-order valence-electron chi connectivity index (χ1n) is 6.98. The number of nitrogens with zero attached hydrogens (tertiary/aromatic N) is 1. The van der Waals surface area contributed by atoms with Gasteiger partial charge >= 0.3 is 0 Å². The third kappa shape index (κ3) is 3.66. The van der Waals surface area contributed by atoms with E-state index >= 15 is 0 Å². The minimum atomic E-state index is -3.34. The van der Waals surface area contributed by atoms with E-state index in [0.29, 0.717) is 13.1 Å². The molecule has 106 valence electrons. The highest BCUT2D eigenvalue weighted by molar-refractivity contribution is 7.87. The summed E-state index contributed by atoms with van der Waals surface area (Å²) in [6, 6.07) is -0.138. The van der Waals surface area contributed by atoms with Crippen LogP contribution in [0.1, 0.15) is 45.4 Å². The summed E-state index contributed by atoms with van der Waals surface area (Å²) in [5, 5.41) is 0. The summed E-state index contributed by atoms with van der Waals surface area (Å²) in [6.07, 6.45) is 6.21. The van der Waals surface area contributed by atoms with E-state index in [-0.39, 0.29) is 12.1 Å². The molecule has 0 aromatic heterocycles. The van der Waals surface area contributed by atoms with Crippen LogP contribution in [0.4, 0.5) is 0 Å². The second kappa shape index (κ2) is 6.32. The zero-order valence-corrected chi connectivity index (χ0v) is 11.9. The van der Waals surface area contributed by atoms with Crippen LogP contribution < -0.4 is 4.72 Å². The van der Waals surface area contributed by atoms with E-state index in [0.717, 1.165) is 45.1 Å². The van der Waals surface area contributed by atoms with Gasteiger partial charge in [0.2, 0.25) is 0 Å². The molecule has 18 heavy (non-hydrogen) atoms. The summed E-state index contributed by atoms with van der Waals surface area (Å²) in [5.41, 5.74) is 0. The van der Waals surface area contributed by atoms with Gasteiger partial charge in [0.05, 0.1) is 6.10 Å². The highest BCUT2D eigenvalue weighted by atomic mass is 32.2. The summed E-state index contributed by atoms with van der Waals surface area (Å²) < 4.78 is 34.4. The second-order valence-electron chi connectivity index (χ2n) is 5.28. The Hall–Kier alpha value is -0.170. The molecule has 2 aliphatic heterocycles. The van der Waals surface area contributed by atoms with Crippen LogP contribution >= 0.6 is 0 Å². The Balaban J connectivity index is 1.92. The van der Waals surface area contributed by atoms with Gasteiger partial charge in [-0.1, -0.05) is 12.8 Å². The van der Waals surface area contributed by atoms with Gasteiger partial charge in [-0.3, -0.25) is 0 Å². The molecule has 2 unspecified atom stereocenters. The van der Waals surface area contributed by atoms with E-state index in [4.69, 9.17) is 4.74 Å². The van der Waals surface area contributed by atoms with Gasteiger partial charge < -0.3 is 4.74 Å². The maximum absolute atomic E-state index is 12.3. The molecule has 2 atom stereocenters. The van der Waals surface area contributed by atoms with Crippen molar-refractivity contribution in [2.45, 2.75) is 57.6 Å². The quantitative estimate of drug-likeness (QED) is 0.841. The second-order valence-corrected chi connectivity index (χ2v) is 6.98. The summed E-state index contributed by atoms with van der Waals surface area (Å²) in [6.45, 7) is 3.94. The van der Waals surface area contributed by atoms with Crippen molar-refractivity contribution in [3.05, 3.63) is 0 Å². The smallest absolute Gasteiger partial charge is 0.279 e. The lowest BCUT2D eigenvalue weighted by molar-refractivity contribution is 0.0896. The fourth-order valence-electron chi connectivity index (χ4n) is 2.66. The van der Waals surface area contributed by atoms with Gasteiger partial charge in [0, 0.05) is 25.7 Å². The Morgan fingerprint density at radius 1 is 1.17 bits per heavy atom. The molecule has 0 amide bonds. The van der Waals surface area contributed by atoms with Crippen molar-refractivity contribution in [2.75, 3.05) is 19.7 Å². The maximum Gasteiger partial charge on any atom is 0.279 e. The molecule has 0 aromatic carbocycles. The van der Waals surface area contributed by atoms with E-state index in [1.165, 1.54) is 0 Å². The molecule has 2 rings (SSSR count). The minimum absolute atomic E-state index is 0.0340. The Labute approximate surface area is 110 Å². The van der Waals surface area contributed by atoms with E-state index in [2.05, 4.69) is 4.72 Å². The molecule has 2 saturated heterocycles. The van der Waals surface area contributed by atoms with Crippen molar-refractivity contribution >= 4 is 10.2 Å². The molecule has 6 heteroatoms. The number of rotatable bonds is 4. The SMILES string of the molecule is CC(NS(=O)(=O)N1CCCCCC1)C1CCCO1. The molecule has 2 aliphatic rings. The Kier molecular flexibility index (Phi) is 5.00. The number of hydrogen-bond donors (Lipinski definition) is 1. The van der Waals surface area contributed by atoms with Crippen LogP contribution in [0.3, 0.4) is 0 Å². The van der Waals surface area contributed by atoms with E-state index < -0.39 is 10.2 Å². The van der Waals surface area contributed by atoms with E-state index in [1.54, 1.807) is 4.31 Å². The van der Waals surface area contributed by atoms with Crippen molar-refractivity contribution in [3.8, 4) is 0 Å². The van der Waals surface area contributed by atoms with E-state index in [1.807, 2.05) is 6.92 Å². The Morgan fingerprint density at radius 2 is 1.83 bits per heavy atom. The van der Waals surface area contributed by atoms with Crippen LogP contribution in [0.2, 0.25) is 0 Å². The van der Waals surface area contributed by atoms with Crippen molar-refractivity contribution in [3.63, 3.8) is 0 Å². The number of nitrogens with one attached hydrogen (secondary N) is 1. The Bertz CT molecular complexity index is 344. The van der Waals surface area contributed by atoms with Gasteiger partial charge in [0.15, 0.2) is 0 Å². The van der Waals surface area contributed by atoms with E-state index in [9.17, 15) is 8.42 Å². The monoisotopic (exact) mass is 276 g/mol. The standard InChI is InChI=1S/C12H24N2O3S/c1-11(12-7-6-10-17-12)13-18(15,16)14-8-4-2-3-5-9-14/h11-13H,2-10H2,1H3. The molecule has 2 fully saturated rings. The number of hydrogen-bond acceptors (Lipinski definition) is 3. The highest BCUT2D eigenvalue weighted by Gasteiger charge is 2.29.